The minimum Gasteiger partial charge on any atom is -0.393 e. The largest absolute Gasteiger partial charge is 0.393 e. The first-order valence-corrected chi connectivity index (χ1v) is 6.45. The Labute approximate surface area is 109 Å². The second kappa shape index (κ2) is 7.35. The molecule has 1 rings (SSSR count). The molecular weight excluding hydrogens is 230 g/mol. The van der Waals surface area contributed by atoms with Crippen LogP contribution < -0.4 is 5.73 Å². The Morgan fingerprint density at radius 1 is 1.47 bits per heavy atom. The Morgan fingerprint density at radius 2 is 2.12 bits per heavy atom. The van der Waals surface area contributed by atoms with Gasteiger partial charge in [-0.15, -0.1) is 0 Å². The molecule has 94 valence electrons. The zero-order valence-electron chi connectivity index (χ0n) is 10.6. The van der Waals surface area contributed by atoms with Crippen LogP contribution in [-0.4, -0.2) is 34.5 Å². The summed E-state index contributed by atoms with van der Waals surface area (Å²) in [6, 6.07) is 4.12. The molecule has 0 aliphatic heterocycles. The van der Waals surface area contributed by atoms with Crippen LogP contribution in [0.2, 0.25) is 0 Å². The minimum absolute atomic E-state index is 0.280. The molecule has 0 radical (unpaired) electrons. The van der Waals surface area contributed by atoms with E-state index in [0.717, 1.165) is 26.1 Å². The van der Waals surface area contributed by atoms with Crippen LogP contribution in [0.15, 0.2) is 24.5 Å². The second-order valence-electron chi connectivity index (χ2n) is 4.30. The topological polar surface area (TPSA) is 42.2 Å². The fourth-order valence-corrected chi connectivity index (χ4v) is 1.77. The number of thiocarbonyl (C=S) groups is 1. The number of aromatic nitrogens is 1. The maximum atomic E-state index is 5.64. The summed E-state index contributed by atoms with van der Waals surface area (Å²) in [7, 11) is 0. The molecule has 1 heterocycles. The van der Waals surface area contributed by atoms with Gasteiger partial charge in [-0.25, -0.2) is 0 Å². The van der Waals surface area contributed by atoms with Crippen molar-refractivity contribution in [2.45, 2.75) is 20.3 Å². The molecule has 1 aromatic rings. The number of hydrogen-bond donors (Lipinski definition) is 1. The van der Waals surface area contributed by atoms with Gasteiger partial charge in [0.2, 0.25) is 0 Å². The second-order valence-corrected chi connectivity index (χ2v) is 4.77. The third-order valence-corrected chi connectivity index (χ3v) is 3.33. The molecule has 0 saturated carbocycles. The third-order valence-electron chi connectivity index (χ3n) is 2.93. The molecule has 1 unspecified atom stereocenters. The smallest absolute Gasteiger partial charge is 0.0768 e. The van der Waals surface area contributed by atoms with Gasteiger partial charge in [0.05, 0.1) is 4.99 Å². The van der Waals surface area contributed by atoms with Crippen molar-refractivity contribution in [3.8, 4) is 0 Å². The lowest BCUT2D eigenvalue weighted by atomic mass is 10.1. The van der Waals surface area contributed by atoms with Crippen molar-refractivity contribution in [1.82, 2.24) is 9.88 Å². The zero-order valence-corrected chi connectivity index (χ0v) is 11.4. The zero-order chi connectivity index (χ0) is 12.7. The van der Waals surface area contributed by atoms with Crippen LogP contribution in [0.4, 0.5) is 0 Å². The predicted octanol–water partition coefficient (Wildman–Crippen LogP) is 1.87. The average Bonchev–Trinajstić information content (AvgIpc) is 2.35. The van der Waals surface area contributed by atoms with Crippen molar-refractivity contribution in [2.75, 3.05) is 19.6 Å². The summed E-state index contributed by atoms with van der Waals surface area (Å²) >= 11 is 5.00. The van der Waals surface area contributed by atoms with E-state index in [4.69, 9.17) is 18.0 Å². The van der Waals surface area contributed by atoms with Crippen LogP contribution in [0.5, 0.6) is 0 Å². The van der Waals surface area contributed by atoms with Crippen molar-refractivity contribution in [3.05, 3.63) is 30.1 Å². The average molecular weight is 251 g/mol. The van der Waals surface area contributed by atoms with E-state index in [1.807, 2.05) is 12.4 Å². The Morgan fingerprint density at radius 3 is 2.65 bits per heavy atom. The monoisotopic (exact) mass is 251 g/mol. The van der Waals surface area contributed by atoms with Gasteiger partial charge in [0, 0.05) is 31.4 Å². The number of nitrogens with zero attached hydrogens (tertiary/aromatic N) is 2. The van der Waals surface area contributed by atoms with Crippen LogP contribution in [0.25, 0.3) is 0 Å². The quantitative estimate of drug-likeness (QED) is 0.751. The normalized spacial score (nSPS) is 12.6. The Kier molecular flexibility index (Phi) is 6.08. The standard InChI is InChI=1S/C13H21N3S/c1-3-16(10-11(2)13(14)17)9-6-12-4-7-15-8-5-12/h4-5,7-8,11H,3,6,9-10H2,1-2H3,(H2,14,17). The molecule has 0 bridgehead atoms. The van der Waals surface area contributed by atoms with Gasteiger partial charge in [0.1, 0.15) is 0 Å². The van der Waals surface area contributed by atoms with Gasteiger partial charge in [0.25, 0.3) is 0 Å². The maximum absolute atomic E-state index is 5.64. The Bertz CT molecular complexity index is 340. The van der Waals surface area contributed by atoms with E-state index in [9.17, 15) is 0 Å². The van der Waals surface area contributed by atoms with E-state index in [0.29, 0.717) is 4.99 Å². The number of nitrogens with two attached hydrogens (primary N) is 1. The van der Waals surface area contributed by atoms with Gasteiger partial charge in [-0.2, -0.15) is 0 Å². The van der Waals surface area contributed by atoms with Crippen molar-refractivity contribution in [3.63, 3.8) is 0 Å². The summed E-state index contributed by atoms with van der Waals surface area (Å²) in [5.41, 5.74) is 6.96. The molecule has 0 fully saturated rings. The van der Waals surface area contributed by atoms with Crippen molar-refractivity contribution >= 4 is 17.2 Å². The fourth-order valence-electron chi connectivity index (χ4n) is 1.69. The minimum atomic E-state index is 0.280. The summed E-state index contributed by atoms with van der Waals surface area (Å²) in [5, 5.41) is 0. The van der Waals surface area contributed by atoms with E-state index < -0.39 is 0 Å². The van der Waals surface area contributed by atoms with E-state index in [1.165, 1.54) is 5.56 Å². The molecule has 4 heteroatoms. The summed E-state index contributed by atoms with van der Waals surface area (Å²) in [5.74, 6) is 0.280. The van der Waals surface area contributed by atoms with Gasteiger partial charge in [-0.05, 0) is 30.7 Å². The molecular formula is C13H21N3S. The lowest BCUT2D eigenvalue weighted by Gasteiger charge is -2.23. The van der Waals surface area contributed by atoms with E-state index in [-0.39, 0.29) is 5.92 Å². The van der Waals surface area contributed by atoms with Gasteiger partial charge >= 0.3 is 0 Å². The molecule has 0 aliphatic rings. The lowest BCUT2D eigenvalue weighted by Crippen LogP contribution is -2.35. The van der Waals surface area contributed by atoms with Gasteiger partial charge in [0.15, 0.2) is 0 Å². The van der Waals surface area contributed by atoms with Crippen molar-refractivity contribution < 1.29 is 0 Å². The Balaban J connectivity index is 2.40. The lowest BCUT2D eigenvalue weighted by molar-refractivity contribution is 0.275. The molecule has 17 heavy (non-hydrogen) atoms. The first-order chi connectivity index (χ1) is 8.13. The fraction of sp³-hybridized carbons (Fsp3) is 0.538. The van der Waals surface area contributed by atoms with Crippen molar-refractivity contribution in [2.24, 2.45) is 11.7 Å². The first-order valence-electron chi connectivity index (χ1n) is 6.04. The van der Waals surface area contributed by atoms with Gasteiger partial charge < -0.3 is 10.6 Å². The van der Waals surface area contributed by atoms with Crippen LogP contribution >= 0.6 is 12.2 Å². The molecule has 1 aromatic heterocycles. The van der Waals surface area contributed by atoms with E-state index in [1.54, 1.807) is 0 Å². The highest BCUT2D eigenvalue weighted by atomic mass is 32.1. The Hall–Kier alpha value is -1.00. The van der Waals surface area contributed by atoms with Crippen LogP contribution in [0.3, 0.4) is 0 Å². The highest BCUT2D eigenvalue weighted by molar-refractivity contribution is 7.80. The van der Waals surface area contributed by atoms with Crippen molar-refractivity contribution in [1.29, 1.82) is 0 Å². The van der Waals surface area contributed by atoms with Crippen LogP contribution in [0.1, 0.15) is 19.4 Å². The summed E-state index contributed by atoms with van der Waals surface area (Å²) in [6.45, 7) is 7.25. The number of pyridine rings is 1. The van der Waals surface area contributed by atoms with Gasteiger partial charge in [-0.1, -0.05) is 26.1 Å². The summed E-state index contributed by atoms with van der Waals surface area (Å²) < 4.78 is 0. The third kappa shape index (κ3) is 5.24. The first kappa shape index (κ1) is 14.1. The molecule has 0 aromatic carbocycles. The number of rotatable bonds is 7. The van der Waals surface area contributed by atoms with Gasteiger partial charge in [-0.3, -0.25) is 4.98 Å². The summed E-state index contributed by atoms with van der Waals surface area (Å²) in [4.78, 5) is 7.00. The molecule has 0 amide bonds. The molecule has 2 N–H and O–H groups in total. The maximum Gasteiger partial charge on any atom is 0.0768 e. The molecule has 3 nitrogen and oxygen atoms in total. The van der Waals surface area contributed by atoms with Crippen LogP contribution in [-0.2, 0) is 6.42 Å². The molecule has 1 atom stereocenters. The highest BCUT2D eigenvalue weighted by Gasteiger charge is 2.10. The number of likely N-dealkylation sites (N-methyl/N-ethyl adjacent to an activating group) is 1. The van der Waals surface area contributed by atoms with Crippen LogP contribution in [0, 0.1) is 5.92 Å². The SMILES string of the molecule is CCN(CCc1ccncc1)CC(C)C(N)=S. The predicted molar refractivity (Wildman–Crippen MR) is 76.0 cm³/mol. The summed E-state index contributed by atoms with van der Waals surface area (Å²) in [6.07, 6.45) is 4.72. The van der Waals surface area contributed by atoms with E-state index >= 15 is 0 Å². The molecule has 0 saturated heterocycles. The number of hydrogen-bond acceptors (Lipinski definition) is 3. The molecule has 0 spiro atoms. The highest BCUT2D eigenvalue weighted by Crippen LogP contribution is 2.04. The molecule has 0 aliphatic carbocycles. The van der Waals surface area contributed by atoms with E-state index in [2.05, 4.69) is 35.9 Å².